The molecule has 1 aliphatic carbocycles. The minimum absolute atomic E-state index is 0.173. The van der Waals surface area contributed by atoms with Crippen LogP contribution >= 0.6 is 0 Å². The highest BCUT2D eigenvalue weighted by Crippen LogP contribution is 2.36. The van der Waals surface area contributed by atoms with E-state index in [-0.39, 0.29) is 6.10 Å². The molecule has 2 aliphatic heterocycles. The number of rotatable bonds is 3. The number of aliphatic hydroxyl groups is 1. The molecule has 2 heterocycles. The minimum Gasteiger partial charge on any atom is -0.391 e. The topological polar surface area (TPSA) is 32.7 Å². The fourth-order valence-corrected chi connectivity index (χ4v) is 4.11. The number of piperidine rings is 1. The highest BCUT2D eigenvalue weighted by molar-refractivity contribution is 4.85. The van der Waals surface area contributed by atoms with Crippen LogP contribution in [0.15, 0.2) is 0 Å². The molecule has 3 aliphatic rings. The molecule has 3 heteroatoms. The van der Waals surface area contributed by atoms with Gasteiger partial charge in [-0.05, 0) is 37.6 Å². The third kappa shape index (κ3) is 2.89. The zero-order valence-electron chi connectivity index (χ0n) is 11.4. The molecule has 0 spiro atoms. The van der Waals surface area contributed by atoms with Gasteiger partial charge in [-0.1, -0.05) is 19.3 Å². The van der Waals surface area contributed by atoms with Crippen LogP contribution in [0.25, 0.3) is 0 Å². The predicted octanol–water partition coefficient (Wildman–Crippen LogP) is 1.90. The zero-order chi connectivity index (χ0) is 12.4. The van der Waals surface area contributed by atoms with Crippen molar-refractivity contribution in [2.24, 2.45) is 17.8 Å². The number of hydrogen-bond acceptors (Lipinski definition) is 3. The molecule has 104 valence electrons. The Bertz CT molecular complexity index is 265. The Balaban J connectivity index is 1.48. The Morgan fingerprint density at radius 2 is 1.94 bits per heavy atom. The van der Waals surface area contributed by atoms with Crippen molar-refractivity contribution < 1.29 is 9.84 Å². The lowest BCUT2D eigenvalue weighted by molar-refractivity contribution is 0.0204. The van der Waals surface area contributed by atoms with Crippen LogP contribution in [0.1, 0.15) is 38.5 Å². The van der Waals surface area contributed by atoms with E-state index in [1.807, 2.05) is 0 Å². The van der Waals surface area contributed by atoms with Crippen LogP contribution in [-0.4, -0.2) is 49.0 Å². The molecule has 0 amide bonds. The van der Waals surface area contributed by atoms with E-state index in [1.165, 1.54) is 45.2 Å². The van der Waals surface area contributed by atoms with E-state index < -0.39 is 0 Å². The summed E-state index contributed by atoms with van der Waals surface area (Å²) in [5.41, 5.74) is 0. The molecule has 1 saturated carbocycles. The quantitative estimate of drug-likeness (QED) is 0.834. The Kier molecular flexibility index (Phi) is 4.22. The zero-order valence-corrected chi connectivity index (χ0v) is 11.4. The van der Waals surface area contributed by atoms with Gasteiger partial charge in [0.05, 0.1) is 12.7 Å². The standard InChI is InChI=1S/C15H27NO2/c17-15(14-6-8-18-11-14)10-16-7-5-12-3-1-2-4-13(12)9-16/h12-15,17H,1-11H2. The highest BCUT2D eigenvalue weighted by atomic mass is 16.5. The van der Waals surface area contributed by atoms with Gasteiger partial charge in [-0.2, -0.15) is 0 Å². The summed E-state index contributed by atoms with van der Waals surface area (Å²) < 4.78 is 5.37. The lowest BCUT2D eigenvalue weighted by Gasteiger charge is -2.42. The van der Waals surface area contributed by atoms with Crippen molar-refractivity contribution in [3.63, 3.8) is 0 Å². The number of likely N-dealkylation sites (tertiary alicyclic amines) is 1. The van der Waals surface area contributed by atoms with Gasteiger partial charge in [-0.15, -0.1) is 0 Å². The monoisotopic (exact) mass is 253 g/mol. The van der Waals surface area contributed by atoms with Crippen LogP contribution in [0.3, 0.4) is 0 Å². The summed E-state index contributed by atoms with van der Waals surface area (Å²) in [5, 5.41) is 10.3. The molecule has 1 N–H and O–H groups in total. The van der Waals surface area contributed by atoms with Gasteiger partial charge in [0.15, 0.2) is 0 Å². The van der Waals surface area contributed by atoms with Crippen LogP contribution in [0.2, 0.25) is 0 Å². The smallest absolute Gasteiger partial charge is 0.0718 e. The number of aliphatic hydroxyl groups excluding tert-OH is 1. The molecule has 0 aromatic heterocycles. The van der Waals surface area contributed by atoms with Gasteiger partial charge in [-0.3, -0.25) is 0 Å². The fraction of sp³-hybridized carbons (Fsp3) is 1.00. The average Bonchev–Trinajstić information content (AvgIpc) is 2.92. The van der Waals surface area contributed by atoms with Crippen molar-refractivity contribution in [1.82, 2.24) is 4.90 Å². The van der Waals surface area contributed by atoms with E-state index in [4.69, 9.17) is 4.74 Å². The third-order valence-corrected chi connectivity index (χ3v) is 5.33. The summed E-state index contributed by atoms with van der Waals surface area (Å²) in [6, 6.07) is 0. The second-order valence-electron chi connectivity index (χ2n) is 6.54. The summed E-state index contributed by atoms with van der Waals surface area (Å²) >= 11 is 0. The van der Waals surface area contributed by atoms with Gasteiger partial charge in [0.25, 0.3) is 0 Å². The molecule has 3 fully saturated rings. The Labute approximate surface area is 110 Å². The molecule has 4 atom stereocenters. The van der Waals surface area contributed by atoms with Gasteiger partial charge in [-0.25, -0.2) is 0 Å². The predicted molar refractivity (Wildman–Crippen MR) is 71.4 cm³/mol. The number of hydrogen-bond donors (Lipinski definition) is 1. The van der Waals surface area contributed by atoms with E-state index in [1.54, 1.807) is 0 Å². The molecule has 3 nitrogen and oxygen atoms in total. The second-order valence-corrected chi connectivity index (χ2v) is 6.54. The maximum Gasteiger partial charge on any atom is 0.0718 e. The molecule has 2 saturated heterocycles. The summed E-state index contributed by atoms with van der Waals surface area (Å²) in [6.45, 7) is 4.91. The fourth-order valence-electron chi connectivity index (χ4n) is 4.11. The molecular weight excluding hydrogens is 226 g/mol. The summed E-state index contributed by atoms with van der Waals surface area (Å²) in [4.78, 5) is 2.51. The Hall–Kier alpha value is -0.120. The van der Waals surface area contributed by atoms with E-state index in [0.29, 0.717) is 5.92 Å². The van der Waals surface area contributed by atoms with Crippen LogP contribution < -0.4 is 0 Å². The third-order valence-electron chi connectivity index (χ3n) is 5.33. The molecule has 0 radical (unpaired) electrons. The van der Waals surface area contributed by atoms with E-state index in [2.05, 4.69) is 4.90 Å². The van der Waals surface area contributed by atoms with Crippen molar-refractivity contribution >= 4 is 0 Å². The van der Waals surface area contributed by atoms with Crippen molar-refractivity contribution in [3.05, 3.63) is 0 Å². The second kappa shape index (κ2) is 5.89. The average molecular weight is 253 g/mol. The minimum atomic E-state index is -0.173. The van der Waals surface area contributed by atoms with Gasteiger partial charge in [0.2, 0.25) is 0 Å². The van der Waals surface area contributed by atoms with Crippen LogP contribution in [0.4, 0.5) is 0 Å². The normalized spacial score (nSPS) is 39.5. The molecule has 18 heavy (non-hydrogen) atoms. The largest absolute Gasteiger partial charge is 0.391 e. The van der Waals surface area contributed by atoms with Gasteiger partial charge >= 0.3 is 0 Å². The first kappa shape index (κ1) is 12.9. The summed E-state index contributed by atoms with van der Waals surface area (Å²) in [7, 11) is 0. The first-order valence-corrected chi connectivity index (χ1v) is 7.81. The van der Waals surface area contributed by atoms with Crippen LogP contribution in [-0.2, 0) is 4.74 Å². The first-order chi connectivity index (χ1) is 8.83. The number of β-amino-alcohol motifs (C(OH)–C–C–N with tert-alkyl or cyclic N) is 1. The van der Waals surface area contributed by atoms with E-state index >= 15 is 0 Å². The summed E-state index contributed by atoms with van der Waals surface area (Å²) in [5.74, 6) is 2.29. The molecule has 4 unspecified atom stereocenters. The van der Waals surface area contributed by atoms with E-state index in [9.17, 15) is 5.11 Å². The number of nitrogens with zero attached hydrogens (tertiary/aromatic N) is 1. The van der Waals surface area contributed by atoms with Gasteiger partial charge < -0.3 is 14.7 Å². The summed E-state index contributed by atoms with van der Waals surface area (Å²) in [6.07, 6.45) is 7.98. The van der Waals surface area contributed by atoms with E-state index in [0.717, 1.165) is 38.0 Å². The SMILES string of the molecule is OC(CN1CCC2CCCCC2C1)C1CCOC1. The molecule has 0 aromatic rings. The van der Waals surface area contributed by atoms with Gasteiger partial charge in [0.1, 0.15) is 0 Å². The Morgan fingerprint density at radius 3 is 2.72 bits per heavy atom. The lowest BCUT2D eigenvalue weighted by Crippen LogP contribution is -2.46. The lowest BCUT2D eigenvalue weighted by atomic mass is 9.75. The molecule has 3 rings (SSSR count). The van der Waals surface area contributed by atoms with Crippen molar-refractivity contribution in [2.45, 2.75) is 44.6 Å². The van der Waals surface area contributed by atoms with Crippen LogP contribution in [0.5, 0.6) is 0 Å². The van der Waals surface area contributed by atoms with Crippen molar-refractivity contribution in [1.29, 1.82) is 0 Å². The molecule has 0 aromatic carbocycles. The number of ether oxygens (including phenoxy) is 1. The number of fused-ring (bicyclic) bond motifs is 1. The van der Waals surface area contributed by atoms with Crippen molar-refractivity contribution in [2.75, 3.05) is 32.8 Å². The van der Waals surface area contributed by atoms with Gasteiger partial charge in [0, 0.05) is 25.6 Å². The maximum absolute atomic E-state index is 10.3. The Morgan fingerprint density at radius 1 is 1.11 bits per heavy atom. The van der Waals surface area contributed by atoms with Crippen LogP contribution in [0, 0.1) is 17.8 Å². The van der Waals surface area contributed by atoms with Crippen molar-refractivity contribution in [3.8, 4) is 0 Å². The first-order valence-electron chi connectivity index (χ1n) is 7.81. The maximum atomic E-state index is 10.3. The highest BCUT2D eigenvalue weighted by Gasteiger charge is 2.33. The molecule has 0 bridgehead atoms. The molecular formula is C15H27NO2.